The number of nitrogens with zero attached hydrogens (tertiary/aromatic N) is 1. The molecule has 0 fully saturated rings. The van der Waals surface area contributed by atoms with Crippen LogP contribution in [0.15, 0.2) is 24.3 Å². The Morgan fingerprint density at radius 3 is 2.25 bits per heavy atom. The first-order valence-corrected chi connectivity index (χ1v) is 6.93. The van der Waals surface area contributed by atoms with Crippen LogP contribution < -0.4 is 5.73 Å². The van der Waals surface area contributed by atoms with Gasteiger partial charge < -0.3 is 5.73 Å². The molecule has 0 spiro atoms. The van der Waals surface area contributed by atoms with Crippen molar-refractivity contribution in [1.29, 1.82) is 0 Å². The van der Waals surface area contributed by atoms with Gasteiger partial charge in [-0.3, -0.25) is 4.90 Å². The van der Waals surface area contributed by atoms with Crippen molar-refractivity contribution < 1.29 is 13.2 Å². The molecule has 0 heterocycles. The van der Waals surface area contributed by atoms with E-state index >= 15 is 0 Å². The van der Waals surface area contributed by atoms with Crippen molar-refractivity contribution in [2.24, 2.45) is 5.73 Å². The van der Waals surface area contributed by atoms with Crippen LogP contribution in [0, 0.1) is 6.92 Å². The van der Waals surface area contributed by atoms with Crippen molar-refractivity contribution in [1.82, 2.24) is 4.90 Å². The fraction of sp³-hybridized carbons (Fsp3) is 0.600. The molecule has 1 aromatic rings. The van der Waals surface area contributed by atoms with Gasteiger partial charge >= 0.3 is 6.18 Å². The SMILES string of the molecule is CCCN(CCC(N)c1ccc(C)cc1)CC(F)(F)F. The highest BCUT2D eigenvalue weighted by Gasteiger charge is 2.30. The predicted octanol–water partition coefficient (Wildman–Crippen LogP) is 3.66. The highest BCUT2D eigenvalue weighted by atomic mass is 19.4. The molecule has 0 bridgehead atoms. The standard InChI is InChI=1S/C15H23F3N2/c1-3-9-20(11-15(16,17)18)10-8-14(19)13-6-4-12(2)5-7-13/h4-7,14H,3,8-11,19H2,1-2H3. The van der Waals surface area contributed by atoms with Gasteiger partial charge in [0.25, 0.3) is 0 Å². The molecule has 2 N–H and O–H groups in total. The van der Waals surface area contributed by atoms with Crippen LogP contribution in [0.1, 0.15) is 36.9 Å². The van der Waals surface area contributed by atoms with Gasteiger partial charge in [-0.2, -0.15) is 13.2 Å². The third-order valence-electron chi connectivity index (χ3n) is 3.20. The van der Waals surface area contributed by atoms with Crippen LogP contribution in [-0.4, -0.2) is 30.7 Å². The fourth-order valence-corrected chi connectivity index (χ4v) is 2.14. The number of alkyl halides is 3. The Bertz CT molecular complexity index is 387. The summed E-state index contributed by atoms with van der Waals surface area (Å²) in [6, 6.07) is 7.59. The summed E-state index contributed by atoms with van der Waals surface area (Å²) in [5, 5.41) is 0. The number of hydrogen-bond donors (Lipinski definition) is 1. The van der Waals surface area contributed by atoms with Gasteiger partial charge in [-0.05, 0) is 31.9 Å². The highest BCUT2D eigenvalue weighted by molar-refractivity contribution is 5.23. The van der Waals surface area contributed by atoms with Gasteiger partial charge in [0.05, 0.1) is 6.54 Å². The number of halogens is 3. The summed E-state index contributed by atoms with van der Waals surface area (Å²) in [6.45, 7) is 3.81. The zero-order valence-corrected chi connectivity index (χ0v) is 12.1. The van der Waals surface area contributed by atoms with E-state index in [9.17, 15) is 13.2 Å². The minimum atomic E-state index is -4.15. The normalized spacial score (nSPS) is 13.8. The van der Waals surface area contributed by atoms with Gasteiger partial charge in [0, 0.05) is 12.6 Å². The summed E-state index contributed by atoms with van der Waals surface area (Å²) in [4.78, 5) is 1.42. The summed E-state index contributed by atoms with van der Waals surface area (Å²) in [6.07, 6.45) is -2.92. The molecule has 1 rings (SSSR count). The van der Waals surface area contributed by atoms with Crippen LogP contribution in [0.4, 0.5) is 13.2 Å². The summed E-state index contributed by atoms with van der Waals surface area (Å²) in [5.74, 6) is 0. The molecule has 0 aromatic heterocycles. The summed E-state index contributed by atoms with van der Waals surface area (Å²) in [5.41, 5.74) is 8.16. The monoisotopic (exact) mass is 288 g/mol. The van der Waals surface area contributed by atoms with Gasteiger partial charge in [0.2, 0.25) is 0 Å². The van der Waals surface area contributed by atoms with E-state index in [-0.39, 0.29) is 6.04 Å². The van der Waals surface area contributed by atoms with Gasteiger partial charge in [0.15, 0.2) is 0 Å². The van der Waals surface area contributed by atoms with E-state index in [0.717, 1.165) is 11.1 Å². The molecule has 1 atom stereocenters. The molecule has 0 saturated heterocycles. The van der Waals surface area contributed by atoms with Gasteiger partial charge in [-0.15, -0.1) is 0 Å². The third kappa shape index (κ3) is 6.39. The maximum Gasteiger partial charge on any atom is 0.401 e. The van der Waals surface area contributed by atoms with E-state index in [4.69, 9.17) is 5.73 Å². The maximum atomic E-state index is 12.4. The molecule has 114 valence electrons. The van der Waals surface area contributed by atoms with Crippen LogP contribution >= 0.6 is 0 Å². The molecule has 0 aliphatic rings. The summed E-state index contributed by atoms with van der Waals surface area (Å²) >= 11 is 0. The molecule has 2 nitrogen and oxygen atoms in total. The molecule has 1 unspecified atom stereocenters. The summed E-state index contributed by atoms with van der Waals surface area (Å²) in [7, 11) is 0. The number of benzene rings is 1. The average molecular weight is 288 g/mol. The molecule has 0 aliphatic carbocycles. The number of nitrogens with two attached hydrogens (primary N) is 1. The van der Waals surface area contributed by atoms with Gasteiger partial charge in [-0.25, -0.2) is 0 Å². The number of aryl methyl sites for hydroxylation is 1. The quantitative estimate of drug-likeness (QED) is 0.829. The zero-order chi connectivity index (χ0) is 15.2. The molecule has 0 radical (unpaired) electrons. The lowest BCUT2D eigenvalue weighted by Crippen LogP contribution is -2.36. The Morgan fingerprint density at radius 2 is 1.75 bits per heavy atom. The second-order valence-corrected chi connectivity index (χ2v) is 5.20. The first-order chi connectivity index (χ1) is 9.31. The molecular formula is C15H23F3N2. The minimum Gasteiger partial charge on any atom is -0.324 e. The largest absolute Gasteiger partial charge is 0.401 e. The molecule has 0 aliphatic heterocycles. The van der Waals surface area contributed by atoms with Crippen molar-refractivity contribution in [3.05, 3.63) is 35.4 Å². The van der Waals surface area contributed by atoms with Crippen LogP contribution in [-0.2, 0) is 0 Å². The Kier molecular flexibility index (Phi) is 6.49. The number of hydrogen-bond acceptors (Lipinski definition) is 2. The molecule has 1 aromatic carbocycles. The van der Waals surface area contributed by atoms with E-state index < -0.39 is 12.7 Å². The Balaban J connectivity index is 2.51. The number of rotatable bonds is 7. The Labute approximate surface area is 118 Å². The maximum absolute atomic E-state index is 12.4. The van der Waals surface area contributed by atoms with Gasteiger partial charge in [0.1, 0.15) is 0 Å². The lowest BCUT2D eigenvalue weighted by atomic mass is 10.0. The highest BCUT2D eigenvalue weighted by Crippen LogP contribution is 2.19. The fourth-order valence-electron chi connectivity index (χ4n) is 2.14. The molecule has 5 heteroatoms. The van der Waals surface area contributed by atoms with Crippen LogP contribution in [0.5, 0.6) is 0 Å². The van der Waals surface area contributed by atoms with E-state index in [1.165, 1.54) is 4.90 Å². The molecule has 20 heavy (non-hydrogen) atoms. The van der Waals surface area contributed by atoms with Crippen molar-refractivity contribution in [2.75, 3.05) is 19.6 Å². The topological polar surface area (TPSA) is 29.3 Å². The first kappa shape index (κ1) is 17.0. The minimum absolute atomic E-state index is 0.219. The van der Waals surface area contributed by atoms with Gasteiger partial charge in [-0.1, -0.05) is 36.8 Å². The predicted molar refractivity (Wildman–Crippen MR) is 75.5 cm³/mol. The van der Waals surface area contributed by atoms with E-state index in [0.29, 0.717) is 25.9 Å². The van der Waals surface area contributed by atoms with Crippen LogP contribution in [0.3, 0.4) is 0 Å². The molecular weight excluding hydrogens is 265 g/mol. The summed E-state index contributed by atoms with van der Waals surface area (Å²) < 4.78 is 37.3. The van der Waals surface area contributed by atoms with E-state index in [2.05, 4.69) is 0 Å². The van der Waals surface area contributed by atoms with E-state index in [1.807, 2.05) is 38.1 Å². The van der Waals surface area contributed by atoms with Crippen molar-refractivity contribution in [3.8, 4) is 0 Å². The smallest absolute Gasteiger partial charge is 0.324 e. The zero-order valence-electron chi connectivity index (χ0n) is 12.1. The van der Waals surface area contributed by atoms with Crippen molar-refractivity contribution in [2.45, 2.75) is 38.9 Å². The first-order valence-electron chi connectivity index (χ1n) is 6.93. The second kappa shape index (κ2) is 7.64. The second-order valence-electron chi connectivity index (χ2n) is 5.20. The molecule has 0 saturated carbocycles. The third-order valence-corrected chi connectivity index (χ3v) is 3.20. The lowest BCUT2D eigenvalue weighted by Gasteiger charge is -2.24. The van der Waals surface area contributed by atoms with E-state index in [1.54, 1.807) is 0 Å². The van der Waals surface area contributed by atoms with Crippen molar-refractivity contribution in [3.63, 3.8) is 0 Å². The average Bonchev–Trinajstić information content (AvgIpc) is 2.35. The lowest BCUT2D eigenvalue weighted by molar-refractivity contribution is -0.146. The Morgan fingerprint density at radius 1 is 1.15 bits per heavy atom. The van der Waals surface area contributed by atoms with Crippen LogP contribution in [0.25, 0.3) is 0 Å². The Hall–Kier alpha value is -1.07. The molecule has 0 amide bonds. The van der Waals surface area contributed by atoms with Crippen molar-refractivity contribution >= 4 is 0 Å². The van der Waals surface area contributed by atoms with Crippen LogP contribution in [0.2, 0.25) is 0 Å².